The van der Waals surface area contributed by atoms with Gasteiger partial charge in [0.2, 0.25) is 10.0 Å². The van der Waals surface area contributed by atoms with Crippen LogP contribution in [0.1, 0.15) is 22.5 Å². The van der Waals surface area contributed by atoms with Crippen LogP contribution in [-0.2, 0) is 16.6 Å². The smallest absolute Gasteiger partial charge is 0.253 e. The zero-order valence-corrected chi connectivity index (χ0v) is 19.9. The summed E-state index contributed by atoms with van der Waals surface area (Å²) >= 11 is 1.66. The molecule has 2 fully saturated rings. The second-order valence-electron chi connectivity index (χ2n) is 8.37. The third-order valence-electron chi connectivity index (χ3n) is 6.12. The Kier molecular flexibility index (Phi) is 6.18. The van der Waals surface area contributed by atoms with Gasteiger partial charge < -0.3 is 4.90 Å². The molecule has 0 bridgehead atoms. The lowest BCUT2D eigenvalue weighted by atomic mass is 10.1. The van der Waals surface area contributed by atoms with Crippen LogP contribution in [-0.4, -0.2) is 67.6 Å². The van der Waals surface area contributed by atoms with Crippen molar-refractivity contribution in [3.63, 3.8) is 0 Å². The number of anilines is 1. The zero-order chi connectivity index (χ0) is 22.8. The normalized spacial score (nSPS) is 18.5. The van der Waals surface area contributed by atoms with E-state index in [1.165, 1.54) is 4.31 Å². The summed E-state index contributed by atoms with van der Waals surface area (Å²) in [6.45, 7) is 4.21. The Hall–Kier alpha value is -2.75. The number of piperazine rings is 1. The summed E-state index contributed by atoms with van der Waals surface area (Å²) in [5.74, 6) is 0.178. The maximum atomic E-state index is 12.9. The van der Waals surface area contributed by atoms with Crippen molar-refractivity contribution in [3.05, 3.63) is 71.2 Å². The van der Waals surface area contributed by atoms with Crippen LogP contribution in [0.3, 0.4) is 0 Å². The molecule has 1 amide bonds. The van der Waals surface area contributed by atoms with Gasteiger partial charge in [-0.15, -0.1) is 11.3 Å². The van der Waals surface area contributed by atoms with E-state index in [2.05, 4.69) is 22.4 Å². The van der Waals surface area contributed by atoms with Gasteiger partial charge in [0.15, 0.2) is 0 Å². The van der Waals surface area contributed by atoms with E-state index in [4.69, 9.17) is 4.98 Å². The molecule has 0 N–H and O–H groups in total. The monoisotopic (exact) mass is 482 g/mol. The van der Waals surface area contributed by atoms with Crippen LogP contribution >= 0.6 is 11.3 Å². The highest BCUT2D eigenvalue weighted by molar-refractivity contribution is 7.93. The van der Waals surface area contributed by atoms with Crippen LogP contribution in [0.4, 0.5) is 5.69 Å². The summed E-state index contributed by atoms with van der Waals surface area (Å²) in [5, 5.41) is 3.15. The Balaban J connectivity index is 1.16. The lowest BCUT2D eigenvalue weighted by molar-refractivity contribution is 0.0627. The summed E-state index contributed by atoms with van der Waals surface area (Å²) in [6.07, 6.45) is 0.641. The van der Waals surface area contributed by atoms with Gasteiger partial charge >= 0.3 is 0 Å². The Morgan fingerprint density at radius 3 is 2.33 bits per heavy atom. The fourth-order valence-corrected chi connectivity index (χ4v) is 6.69. The third-order valence-corrected chi connectivity index (χ3v) is 8.93. The first-order valence-corrected chi connectivity index (χ1v) is 13.6. The van der Waals surface area contributed by atoms with Crippen molar-refractivity contribution in [2.75, 3.05) is 42.8 Å². The van der Waals surface area contributed by atoms with E-state index in [1.807, 2.05) is 23.1 Å². The van der Waals surface area contributed by atoms with E-state index < -0.39 is 10.0 Å². The molecule has 33 heavy (non-hydrogen) atoms. The van der Waals surface area contributed by atoms with Crippen molar-refractivity contribution in [2.45, 2.75) is 13.0 Å². The number of carbonyl (C=O) groups is 1. The Morgan fingerprint density at radius 1 is 0.939 bits per heavy atom. The molecule has 0 unspecified atom stereocenters. The molecule has 7 nitrogen and oxygen atoms in total. The van der Waals surface area contributed by atoms with Crippen LogP contribution in [0.15, 0.2) is 60.0 Å². The molecular weight excluding hydrogens is 456 g/mol. The van der Waals surface area contributed by atoms with Crippen molar-refractivity contribution >= 4 is 33.0 Å². The molecule has 0 aliphatic carbocycles. The predicted octanol–water partition coefficient (Wildman–Crippen LogP) is 3.31. The number of rotatable bonds is 5. The van der Waals surface area contributed by atoms with E-state index in [-0.39, 0.29) is 11.7 Å². The van der Waals surface area contributed by atoms with Crippen LogP contribution < -0.4 is 4.31 Å². The average Bonchev–Trinajstić information content (AvgIpc) is 3.45. The van der Waals surface area contributed by atoms with Gasteiger partial charge in [-0.3, -0.25) is 14.0 Å². The summed E-state index contributed by atoms with van der Waals surface area (Å²) in [7, 11) is -3.21. The van der Waals surface area contributed by atoms with Gasteiger partial charge in [0, 0.05) is 55.8 Å². The zero-order valence-electron chi connectivity index (χ0n) is 18.3. The van der Waals surface area contributed by atoms with Crippen LogP contribution in [0, 0.1) is 0 Å². The Morgan fingerprint density at radius 2 is 1.67 bits per heavy atom. The van der Waals surface area contributed by atoms with Crippen molar-refractivity contribution < 1.29 is 13.2 Å². The molecule has 0 atom stereocenters. The number of aromatic nitrogens is 1. The number of carbonyl (C=O) groups excluding carboxylic acids is 1. The van der Waals surface area contributed by atoms with Crippen LogP contribution in [0.25, 0.3) is 10.6 Å². The molecule has 1 aromatic heterocycles. The summed E-state index contributed by atoms with van der Waals surface area (Å²) < 4.78 is 25.6. The van der Waals surface area contributed by atoms with Crippen molar-refractivity contribution in [3.8, 4) is 10.6 Å². The van der Waals surface area contributed by atoms with Crippen molar-refractivity contribution in [2.24, 2.45) is 0 Å². The molecule has 2 saturated heterocycles. The first-order valence-electron chi connectivity index (χ1n) is 11.1. The number of sulfonamides is 1. The van der Waals surface area contributed by atoms with E-state index in [0.29, 0.717) is 37.3 Å². The summed E-state index contributed by atoms with van der Waals surface area (Å²) in [6, 6.07) is 17.1. The minimum Gasteiger partial charge on any atom is -0.336 e. The summed E-state index contributed by atoms with van der Waals surface area (Å²) in [5.41, 5.74) is 3.42. The number of benzene rings is 2. The van der Waals surface area contributed by atoms with Gasteiger partial charge in [0.05, 0.1) is 17.1 Å². The second kappa shape index (κ2) is 9.24. The Bertz CT molecular complexity index is 1220. The lowest BCUT2D eigenvalue weighted by Gasteiger charge is -2.34. The van der Waals surface area contributed by atoms with E-state index in [9.17, 15) is 13.2 Å². The van der Waals surface area contributed by atoms with Crippen LogP contribution in [0.2, 0.25) is 0 Å². The number of nitrogens with zero attached hydrogens (tertiary/aromatic N) is 4. The maximum Gasteiger partial charge on any atom is 0.253 e. The molecular formula is C24H26N4O3S2. The molecule has 3 aromatic rings. The molecule has 0 radical (unpaired) electrons. The molecule has 5 rings (SSSR count). The van der Waals surface area contributed by atoms with Gasteiger partial charge in [0.25, 0.3) is 5.91 Å². The molecule has 3 heterocycles. The van der Waals surface area contributed by atoms with Gasteiger partial charge in [-0.05, 0) is 30.7 Å². The van der Waals surface area contributed by atoms with E-state index >= 15 is 0 Å². The molecule has 0 spiro atoms. The lowest BCUT2D eigenvalue weighted by Crippen LogP contribution is -2.48. The highest BCUT2D eigenvalue weighted by Crippen LogP contribution is 2.26. The highest BCUT2D eigenvalue weighted by Gasteiger charge is 2.29. The molecule has 2 aromatic carbocycles. The highest BCUT2D eigenvalue weighted by atomic mass is 32.2. The van der Waals surface area contributed by atoms with E-state index in [1.54, 1.807) is 35.6 Å². The van der Waals surface area contributed by atoms with Gasteiger partial charge in [-0.2, -0.15) is 0 Å². The maximum absolute atomic E-state index is 12.9. The quantitative estimate of drug-likeness (QED) is 0.558. The predicted molar refractivity (Wildman–Crippen MR) is 131 cm³/mol. The SMILES string of the molecule is O=C(c1ccc(N2CCCS2(=O)=O)cc1)N1CCN(Cc2csc(-c3ccccc3)n2)CC1. The third kappa shape index (κ3) is 4.80. The van der Waals surface area contributed by atoms with Gasteiger partial charge in [-0.1, -0.05) is 30.3 Å². The first-order chi connectivity index (χ1) is 16.0. The van der Waals surface area contributed by atoms with Gasteiger partial charge in [0.1, 0.15) is 5.01 Å². The minimum absolute atomic E-state index is 0.00880. The first kappa shape index (κ1) is 22.1. The molecule has 2 aliphatic heterocycles. The van der Waals surface area contributed by atoms with Crippen molar-refractivity contribution in [1.29, 1.82) is 0 Å². The fraction of sp³-hybridized carbons (Fsp3) is 0.333. The average molecular weight is 483 g/mol. The molecule has 0 saturated carbocycles. The molecule has 172 valence electrons. The largest absolute Gasteiger partial charge is 0.336 e. The van der Waals surface area contributed by atoms with Crippen LogP contribution in [0.5, 0.6) is 0 Å². The number of amides is 1. The van der Waals surface area contributed by atoms with Gasteiger partial charge in [-0.25, -0.2) is 13.4 Å². The fourth-order valence-electron chi connectivity index (χ4n) is 4.31. The summed E-state index contributed by atoms with van der Waals surface area (Å²) in [4.78, 5) is 21.9. The van der Waals surface area contributed by atoms with Crippen molar-refractivity contribution in [1.82, 2.24) is 14.8 Å². The number of hydrogen-bond donors (Lipinski definition) is 0. The molecule has 9 heteroatoms. The number of thiazole rings is 1. The second-order valence-corrected chi connectivity index (χ2v) is 11.2. The standard InChI is InChI=1S/C24H26N4O3S2/c29-24(20-7-9-22(10-8-20)28-11-4-16-33(28,30)31)27-14-12-26(13-15-27)17-21-18-32-23(25-21)19-5-2-1-3-6-19/h1-3,5-10,18H,4,11-17H2. The minimum atomic E-state index is -3.21. The number of hydrogen-bond acceptors (Lipinski definition) is 6. The van der Waals surface area contributed by atoms with E-state index in [0.717, 1.165) is 35.9 Å². The molecule has 2 aliphatic rings. The Labute approximate surface area is 198 Å². The topological polar surface area (TPSA) is 73.8 Å².